The van der Waals surface area contributed by atoms with Gasteiger partial charge in [0.25, 0.3) is 5.56 Å². The molecule has 0 spiro atoms. The van der Waals surface area contributed by atoms with Crippen LogP contribution in [0.3, 0.4) is 0 Å². The Morgan fingerprint density at radius 1 is 1.11 bits per heavy atom. The fourth-order valence-electron chi connectivity index (χ4n) is 5.67. The van der Waals surface area contributed by atoms with Crippen molar-refractivity contribution in [1.82, 2.24) is 39.0 Å². The number of alkyl halides is 1. The molecule has 20 nitrogen and oxygen atoms in total. The molecule has 47 heavy (non-hydrogen) atoms. The standard InChI is InChI=1S/C22H27FN10O10P2S2/c1-37-44(35,46)39-3-10-11(23)14(20(41-10)33-8-29-13-17(33)30-21(25)31-18(13)34)43-45(36,47)40-5-22-2-9(38-4-22)19(42-22)32-7-28-12-15(24)26-6-27-16(12)32/h6-11,14,19-20H,2-5H2,1H3,(H,35,46)(H,36,47)(H2,24,26,27)(H3,25,30,31,34)/t9-,10-,11+,14-,19-,20-,22-,44?,45?/m1/s1. The number of rotatable bonds is 11. The van der Waals surface area contributed by atoms with E-state index in [9.17, 15) is 14.6 Å². The summed E-state index contributed by atoms with van der Waals surface area (Å²) in [5.41, 5.74) is 10.6. The van der Waals surface area contributed by atoms with Gasteiger partial charge in [0.05, 0.1) is 32.5 Å². The molecular weight excluding hydrogens is 709 g/mol. The molecule has 4 aromatic heterocycles. The molecule has 7 N–H and O–H groups in total. The molecule has 0 saturated carbocycles. The van der Waals surface area contributed by atoms with Crippen LogP contribution in [0.25, 0.3) is 22.3 Å². The second kappa shape index (κ2) is 12.1. The highest BCUT2D eigenvalue weighted by Crippen LogP contribution is 2.54. The SMILES string of the molecule is COP(O)(=S)OC[C@H]1O[C@@H](n2cnc3c(=O)[nH]c(N)nc32)[C@H](OP(O)(=S)OC[C@]23CO[C@H](C2)[C@H](n2cnc4c(N)ncnc42)O3)[C@H]1F. The van der Waals surface area contributed by atoms with Gasteiger partial charge < -0.3 is 49.0 Å². The van der Waals surface area contributed by atoms with Crippen LogP contribution in [0.1, 0.15) is 18.9 Å². The molecule has 25 heteroatoms. The highest BCUT2D eigenvalue weighted by Gasteiger charge is 2.56. The lowest BCUT2D eigenvalue weighted by Gasteiger charge is -2.32. The number of ether oxygens (including phenoxy) is 3. The quantitative estimate of drug-likeness (QED) is 0.126. The summed E-state index contributed by atoms with van der Waals surface area (Å²) < 4.78 is 58.4. The highest BCUT2D eigenvalue weighted by atomic mass is 32.5. The summed E-state index contributed by atoms with van der Waals surface area (Å²) in [6.07, 6.45) is -3.22. The van der Waals surface area contributed by atoms with Crippen molar-refractivity contribution >= 4 is 71.1 Å². The molecule has 0 radical (unpaired) electrons. The molecular formula is C22H27FN10O10P2S2. The Kier molecular flexibility index (Phi) is 8.44. The molecule has 2 bridgehead atoms. The molecule has 3 aliphatic rings. The molecule has 9 atom stereocenters. The molecule has 3 fully saturated rings. The number of nitrogens with two attached hydrogens (primary N) is 2. The summed E-state index contributed by atoms with van der Waals surface area (Å²) >= 11 is 10.1. The summed E-state index contributed by atoms with van der Waals surface area (Å²) in [6, 6.07) is 0. The minimum atomic E-state index is -4.25. The Bertz CT molecular complexity index is 2000. The number of aromatic amines is 1. The van der Waals surface area contributed by atoms with Gasteiger partial charge in [-0.25, -0.2) is 24.3 Å². The zero-order valence-corrected chi connectivity index (χ0v) is 27.5. The minimum absolute atomic E-state index is 0.0626. The third-order valence-electron chi connectivity index (χ3n) is 7.85. The van der Waals surface area contributed by atoms with Gasteiger partial charge in [0.1, 0.15) is 35.8 Å². The highest BCUT2D eigenvalue weighted by molar-refractivity contribution is 8.07. The third-order valence-corrected chi connectivity index (χ3v) is 11.1. The van der Waals surface area contributed by atoms with Crippen LogP contribution in [-0.4, -0.2) is 106 Å². The van der Waals surface area contributed by atoms with Crippen molar-refractivity contribution in [2.75, 3.05) is 38.4 Å². The molecule has 7 rings (SSSR count). The lowest BCUT2D eigenvalue weighted by atomic mass is 10.0. The Morgan fingerprint density at radius 3 is 2.62 bits per heavy atom. The number of H-pyrrole nitrogens is 1. The van der Waals surface area contributed by atoms with Gasteiger partial charge in [0.2, 0.25) is 5.95 Å². The van der Waals surface area contributed by atoms with Gasteiger partial charge in [-0.1, -0.05) is 0 Å². The number of hydrogen-bond donors (Lipinski definition) is 5. The summed E-state index contributed by atoms with van der Waals surface area (Å²) in [4.78, 5) is 56.5. The van der Waals surface area contributed by atoms with Crippen LogP contribution in [0.15, 0.2) is 23.8 Å². The predicted octanol–water partition coefficient (Wildman–Crippen LogP) is -0.0857. The van der Waals surface area contributed by atoms with Crippen LogP contribution >= 0.6 is 13.4 Å². The van der Waals surface area contributed by atoms with E-state index < -0.39 is 68.1 Å². The van der Waals surface area contributed by atoms with Crippen LogP contribution in [0, 0.1) is 0 Å². The number of halogens is 1. The summed E-state index contributed by atoms with van der Waals surface area (Å²) in [5, 5.41) is 0. The lowest BCUT2D eigenvalue weighted by Crippen LogP contribution is -2.39. The van der Waals surface area contributed by atoms with Crippen LogP contribution in [0.4, 0.5) is 16.2 Å². The number of hydrogen-bond acceptors (Lipinski definition) is 17. The first-order chi connectivity index (χ1) is 22.3. The fraction of sp³-hybridized carbons (Fsp3) is 0.545. The molecule has 0 aromatic carbocycles. The van der Waals surface area contributed by atoms with Crippen LogP contribution in [0.5, 0.6) is 0 Å². The van der Waals surface area contributed by atoms with Gasteiger partial charge in [-0.2, -0.15) is 4.98 Å². The van der Waals surface area contributed by atoms with Crippen LogP contribution in [0.2, 0.25) is 0 Å². The van der Waals surface area contributed by atoms with Crippen molar-refractivity contribution in [3.63, 3.8) is 0 Å². The van der Waals surface area contributed by atoms with Crippen molar-refractivity contribution in [2.24, 2.45) is 0 Å². The number of nitrogens with zero attached hydrogens (tertiary/aromatic N) is 7. The van der Waals surface area contributed by atoms with Crippen molar-refractivity contribution < 1.29 is 46.5 Å². The topological polar surface area (TPSA) is 264 Å². The molecule has 7 heterocycles. The van der Waals surface area contributed by atoms with Gasteiger partial charge in [0.15, 0.2) is 41.3 Å². The van der Waals surface area contributed by atoms with Crippen molar-refractivity contribution in [2.45, 2.75) is 49.0 Å². The molecule has 4 aromatic rings. The largest absolute Gasteiger partial charge is 0.382 e. The van der Waals surface area contributed by atoms with Gasteiger partial charge >= 0.3 is 13.4 Å². The van der Waals surface area contributed by atoms with Gasteiger partial charge in [-0.3, -0.25) is 23.4 Å². The monoisotopic (exact) mass is 736 g/mol. The van der Waals surface area contributed by atoms with Crippen molar-refractivity contribution in [3.8, 4) is 0 Å². The van der Waals surface area contributed by atoms with E-state index in [2.05, 4.69) is 29.9 Å². The lowest BCUT2D eigenvalue weighted by molar-refractivity contribution is -0.180. The number of anilines is 2. The summed E-state index contributed by atoms with van der Waals surface area (Å²) in [7, 11) is 1.14. The zero-order valence-electron chi connectivity index (χ0n) is 24.1. The maximum Gasteiger partial charge on any atom is 0.325 e. The molecule has 0 aliphatic carbocycles. The number of fused-ring (bicyclic) bond motifs is 4. The Morgan fingerprint density at radius 2 is 1.85 bits per heavy atom. The second-order valence-corrected chi connectivity index (χ2v) is 16.6. The third kappa shape index (κ3) is 6.09. The molecule has 0 amide bonds. The smallest absolute Gasteiger partial charge is 0.325 e. The van der Waals surface area contributed by atoms with E-state index in [4.69, 9.17) is 67.4 Å². The normalized spacial score (nSPS) is 31.5. The maximum absolute atomic E-state index is 16.0. The Labute approximate surface area is 273 Å². The minimum Gasteiger partial charge on any atom is -0.382 e. The van der Waals surface area contributed by atoms with E-state index in [1.165, 1.54) is 17.2 Å². The Hall–Kier alpha value is -2.63. The first-order valence-electron chi connectivity index (χ1n) is 13.7. The number of nitrogen functional groups attached to an aromatic ring is 2. The fourth-order valence-corrected chi connectivity index (χ4v) is 7.73. The number of aromatic nitrogens is 8. The van der Waals surface area contributed by atoms with Crippen LogP contribution < -0.4 is 17.0 Å². The van der Waals surface area contributed by atoms with Gasteiger partial charge in [-0.05, 0) is 23.6 Å². The summed E-state index contributed by atoms with van der Waals surface area (Å²) in [6.45, 7) is -8.67. The Balaban J connectivity index is 1.10. The summed E-state index contributed by atoms with van der Waals surface area (Å²) in [5.74, 6) is -0.0306. The van der Waals surface area contributed by atoms with Crippen LogP contribution in [-0.2, 0) is 55.9 Å². The average molecular weight is 737 g/mol. The maximum atomic E-state index is 16.0. The zero-order chi connectivity index (χ0) is 33.3. The number of nitrogens with one attached hydrogen (secondary N) is 1. The van der Waals surface area contributed by atoms with Crippen molar-refractivity contribution in [1.29, 1.82) is 0 Å². The molecule has 3 saturated heterocycles. The second-order valence-electron chi connectivity index (χ2n) is 10.9. The van der Waals surface area contributed by atoms with Gasteiger partial charge in [-0.15, -0.1) is 0 Å². The molecule has 254 valence electrons. The van der Waals surface area contributed by atoms with E-state index in [0.29, 0.717) is 17.6 Å². The predicted molar refractivity (Wildman–Crippen MR) is 165 cm³/mol. The first-order valence-corrected chi connectivity index (χ1v) is 18.9. The van der Waals surface area contributed by atoms with E-state index in [1.54, 1.807) is 4.57 Å². The number of imidazole rings is 2. The van der Waals surface area contributed by atoms with E-state index in [0.717, 1.165) is 13.4 Å². The van der Waals surface area contributed by atoms with E-state index in [1.807, 2.05) is 0 Å². The first kappa shape index (κ1) is 32.9. The average Bonchev–Trinajstić information content (AvgIpc) is 3.85. The van der Waals surface area contributed by atoms with Crippen molar-refractivity contribution in [3.05, 3.63) is 29.3 Å². The van der Waals surface area contributed by atoms with E-state index in [-0.39, 0.29) is 36.1 Å². The molecule has 2 unspecified atom stereocenters. The molecule has 3 aliphatic heterocycles. The van der Waals surface area contributed by atoms with E-state index >= 15 is 4.39 Å². The van der Waals surface area contributed by atoms with Gasteiger partial charge in [0, 0.05) is 13.5 Å².